The molecule has 0 aliphatic carbocycles. The summed E-state index contributed by atoms with van der Waals surface area (Å²) in [6.07, 6.45) is 1.97. The normalized spacial score (nSPS) is 14.9. The van der Waals surface area contributed by atoms with Crippen LogP contribution in [0.1, 0.15) is 35.6 Å². The molecule has 1 aliphatic heterocycles. The molecule has 1 unspecified atom stereocenters. The van der Waals surface area contributed by atoms with E-state index in [0.717, 1.165) is 48.5 Å². The van der Waals surface area contributed by atoms with E-state index in [2.05, 4.69) is 29.6 Å². The fourth-order valence-electron chi connectivity index (χ4n) is 4.28. The van der Waals surface area contributed by atoms with E-state index < -0.39 is 0 Å². The van der Waals surface area contributed by atoms with E-state index in [0.29, 0.717) is 19.0 Å². The van der Waals surface area contributed by atoms with Gasteiger partial charge < -0.3 is 19.7 Å². The smallest absolute Gasteiger partial charge is 0.318 e. The van der Waals surface area contributed by atoms with E-state index >= 15 is 0 Å². The van der Waals surface area contributed by atoms with Gasteiger partial charge in [-0.1, -0.05) is 72.8 Å². The largest absolute Gasteiger partial charge is 0.497 e. The Morgan fingerprint density at radius 2 is 1.55 bits per heavy atom. The number of rotatable bonds is 8. The number of urea groups is 1. The maximum Gasteiger partial charge on any atom is 0.318 e. The van der Waals surface area contributed by atoms with Crippen molar-refractivity contribution in [2.45, 2.75) is 25.4 Å². The predicted molar refractivity (Wildman–Crippen MR) is 130 cm³/mol. The van der Waals surface area contributed by atoms with Crippen molar-refractivity contribution in [3.8, 4) is 5.75 Å². The zero-order chi connectivity index (χ0) is 22.9. The minimum atomic E-state index is -0.252. The highest BCUT2D eigenvalue weighted by Crippen LogP contribution is 2.25. The van der Waals surface area contributed by atoms with Crippen LogP contribution in [0.25, 0.3) is 0 Å². The van der Waals surface area contributed by atoms with Gasteiger partial charge in [0.1, 0.15) is 5.75 Å². The predicted octanol–water partition coefficient (Wildman–Crippen LogP) is 5.42. The van der Waals surface area contributed by atoms with Gasteiger partial charge in [-0.05, 0) is 47.6 Å². The molecule has 0 bridgehead atoms. The molecule has 3 aromatic carbocycles. The second-order valence-electron chi connectivity index (χ2n) is 8.49. The first-order chi connectivity index (χ1) is 16.2. The molecule has 0 spiro atoms. The Hall–Kier alpha value is -3.31. The van der Waals surface area contributed by atoms with Gasteiger partial charge in [-0.3, -0.25) is 0 Å². The van der Waals surface area contributed by atoms with Crippen molar-refractivity contribution in [3.63, 3.8) is 0 Å². The second kappa shape index (κ2) is 11.5. The van der Waals surface area contributed by atoms with Gasteiger partial charge in [-0.15, -0.1) is 0 Å². The average Bonchev–Trinajstić information content (AvgIpc) is 2.88. The van der Waals surface area contributed by atoms with Crippen molar-refractivity contribution in [2.24, 2.45) is 5.92 Å². The maximum absolute atomic E-state index is 13.7. The molecule has 0 saturated carbocycles. The van der Waals surface area contributed by atoms with Crippen LogP contribution in [0.2, 0.25) is 0 Å². The number of nitrogens with one attached hydrogen (secondary N) is 1. The van der Waals surface area contributed by atoms with Crippen molar-refractivity contribution < 1.29 is 14.3 Å². The molecule has 1 fully saturated rings. The van der Waals surface area contributed by atoms with Crippen molar-refractivity contribution in [2.75, 3.05) is 26.9 Å². The minimum absolute atomic E-state index is 0.0602. The molecule has 0 radical (unpaired) electrons. The number of nitrogens with zero attached hydrogens (tertiary/aromatic N) is 1. The Balaban J connectivity index is 1.57. The van der Waals surface area contributed by atoms with Gasteiger partial charge in [0.25, 0.3) is 0 Å². The Labute approximate surface area is 196 Å². The monoisotopic (exact) mass is 444 g/mol. The van der Waals surface area contributed by atoms with Crippen molar-refractivity contribution in [1.29, 1.82) is 0 Å². The Morgan fingerprint density at radius 3 is 2.18 bits per heavy atom. The lowest BCUT2D eigenvalue weighted by atomic mass is 9.98. The SMILES string of the molecule is COc1ccc(C(NC(=O)N(Cc2ccccc2)CC2CCOCC2)c2ccccc2)cc1. The fourth-order valence-corrected chi connectivity index (χ4v) is 4.28. The lowest BCUT2D eigenvalue weighted by Crippen LogP contribution is -2.44. The van der Waals surface area contributed by atoms with Gasteiger partial charge in [-0.2, -0.15) is 0 Å². The molecule has 172 valence electrons. The number of hydrogen-bond acceptors (Lipinski definition) is 3. The summed E-state index contributed by atoms with van der Waals surface area (Å²) in [4.78, 5) is 15.6. The quantitative estimate of drug-likeness (QED) is 0.505. The number of hydrogen-bond donors (Lipinski definition) is 1. The lowest BCUT2D eigenvalue weighted by molar-refractivity contribution is 0.0554. The van der Waals surface area contributed by atoms with Crippen LogP contribution in [0, 0.1) is 5.92 Å². The molecule has 5 heteroatoms. The van der Waals surface area contributed by atoms with Gasteiger partial charge in [0.05, 0.1) is 13.2 Å². The third-order valence-corrected chi connectivity index (χ3v) is 6.17. The molecule has 1 aliphatic rings. The Kier molecular flexibility index (Phi) is 7.99. The minimum Gasteiger partial charge on any atom is -0.497 e. The molecule has 2 amide bonds. The summed E-state index contributed by atoms with van der Waals surface area (Å²) in [5, 5.41) is 3.31. The zero-order valence-corrected chi connectivity index (χ0v) is 19.2. The highest BCUT2D eigenvalue weighted by molar-refractivity contribution is 5.75. The Bertz CT molecular complexity index is 987. The standard InChI is InChI=1S/C28H32N2O3/c1-32-26-14-12-25(13-15-26)27(24-10-6-3-7-11-24)29-28(31)30(20-22-8-4-2-5-9-22)21-23-16-18-33-19-17-23/h2-15,23,27H,16-21H2,1H3,(H,29,31). The molecule has 0 aromatic heterocycles. The fraction of sp³-hybridized carbons (Fsp3) is 0.321. The number of carbonyl (C=O) groups excluding carboxylic acids is 1. The number of methoxy groups -OCH3 is 1. The van der Waals surface area contributed by atoms with Crippen LogP contribution >= 0.6 is 0 Å². The van der Waals surface area contributed by atoms with E-state index in [1.54, 1.807) is 7.11 Å². The topological polar surface area (TPSA) is 50.8 Å². The van der Waals surface area contributed by atoms with Gasteiger partial charge in [0, 0.05) is 26.3 Å². The summed E-state index contributed by atoms with van der Waals surface area (Å²) in [5.74, 6) is 1.24. The molecule has 4 rings (SSSR count). The number of ether oxygens (including phenoxy) is 2. The van der Waals surface area contributed by atoms with E-state index in [1.165, 1.54) is 0 Å². The zero-order valence-electron chi connectivity index (χ0n) is 19.2. The van der Waals surface area contributed by atoms with Crippen LogP contribution in [0.5, 0.6) is 5.75 Å². The van der Waals surface area contributed by atoms with Gasteiger partial charge >= 0.3 is 6.03 Å². The average molecular weight is 445 g/mol. The van der Waals surface area contributed by atoms with Gasteiger partial charge in [-0.25, -0.2) is 4.79 Å². The molecule has 1 atom stereocenters. The summed E-state index contributed by atoms with van der Waals surface area (Å²) in [7, 11) is 1.66. The van der Waals surface area contributed by atoms with Crippen LogP contribution in [-0.2, 0) is 11.3 Å². The first-order valence-electron chi connectivity index (χ1n) is 11.6. The third-order valence-electron chi connectivity index (χ3n) is 6.17. The summed E-state index contributed by atoms with van der Waals surface area (Å²) >= 11 is 0. The first kappa shape index (κ1) is 22.9. The third kappa shape index (κ3) is 6.36. The van der Waals surface area contributed by atoms with E-state index in [-0.39, 0.29) is 12.1 Å². The van der Waals surface area contributed by atoms with Crippen molar-refractivity contribution >= 4 is 6.03 Å². The molecule has 1 heterocycles. The summed E-state index contributed by atoms with van der Waals surface area (Å²) in [5.41, 5.74) is 3.18. The van der Waals surface area contributed by atoms with E-state index in [1.807, 2.05) is 65.6 Å². The molecule has 33 heavy (non-hydrogen) atoms. The summed E-state index contributed by atoms with van der Waals surface area (Å²) < 4.78 is 10.8. The maximum atomic E-state index is 13.7. The number of benzene rings is 3. The van der Waals surface area contributed by atoms with Crippen LogP contribution in [0.3, 0.4) is 0 Å². The molecular formula is C28H32N2O3. The highest BCUT2D eigenvalue weighted by Gasteiger charge is 2.24. The summed E-state index contributed by atoms with van der Waals surface area (Å²) in [6, 6.07) is 27.8. The molecule has 1 N–H and O–H groups in total. The first-order valence-corrected chi connectivity index (χ1v) is 11.6. The molecular weight excluding hydrogens is 412 g/mol. The number of carbonyl (C=O) groups is 1. The Morgan fingerprint density at radius 1 is 0.939 bits per heavy atom. The summed E-state index contributed by atoms with van der Waals surface area (Å²) in [6.45, 7) is 2.83. The number of amides is 2. The second-order valence-corrected chi connectivity index (χ2v) is 8.49. The van der Waals surface area contributed by atoms with Gasteiger partial charge in [0.15, 0.2) is 0 Å². The molecule has 1 saturated heterocycles. The van der Waals surface area contributed by atoms with Crippen molar-refractivity contribution in [1.82, 2.24) is 10.2 Å². The van der Waals surface area contributed by atoms with Crippen molar-refractivity contribution in [3.05, 3.63) is 102 Å². The van der Waals surface area contributed by atoms with Gasteiger partial charge in [0.2, 0.25) is 0 Å². The van der Waals surface area contributed by atoms with Crippen LogP contribution in [0.15, 0.2) is 84.9 Å². The highest BCUT2D eigenvalue weighted by atomic mass is 16.5. The van der Waals surface area contributed by atoms with E-state index in [4.69, 9.17) is 9.47 Å². The van der Waals surface area contributed by atoms with Crippen LogP contribution < -0.4 is 10.1 Å². The van der Waals surface area contributed by atoms with E-state index in [9.17, 15) is 4.79 Å². The lowest BCUT2D eigenvalue weighted by Gasteiger charge is -2.32. The molecule has 5 nitrogen and oxygen atoms in total. The van der Waals surface area contributed by atoms with Crippen LogP contribution in [0.4, 0.5) is 4.79 Å². The van der Waals surface area contributed by atoms with Crippen LogP contribution in [-0.4, -0.2) is 37.8 Å². The molecule has 3 aromatic rings.